The van der Waals surface area contributed by atoms with Crippen molar-refractivity contribution >= 4 is 18.0 Å². The summed E-state index contributed by atoms with van der Waals surface area (Å²) in [6.07, 6.45) is 5.75. The van der Waals surface area contributed by atoms with Crippen molar-refractivity contribution in [1.82, 2.24) is 10.3 Å². The number of carbonyl (C=O) groups excluding carboxylic acids is 2. The molecule has 0 radical (unpaired) electrons. The van der Waals surface area contributed by atoms with Crippen LogP contribution in [0.3, 0.4) is 0 Å². The van der Waals surface area contributed by atoms with Gasteiger partial charge in [-0.1, -0.05) is 44.2 Å². The minimum atomic E-state index is -1.29. The van der Waals surface area contributed by atoms with Crippen LogP contribution in [0.15, 0.2) is 48.7 Å². The molecule has 7 heteroatoms. The number of carbonyl (C=O) groups is 2. The second-order valence-electron chi connectivity index (χ2n) is 11.2. The van der Waals surface area contributed by atoms with Crippen LogP contribution in [0.2, 0.25) is 0 Å². The van der Waals surface area contributed by atoms with Crippen molar-refractivity contribution in [2.45, 2.75) is 52.7 Å². The number of hydrogen-bond acceptors (Lipinski definition) is 6. The number of nitrogens with zero attached hydrogens (tertiary/aromatic N) is 2. The second-order valence-corrected chi connectivity index (χ2v) is 11.2. The lowest BCUT2D eigenvalue weighted by molar-refractivity contribution is -0.157. The molecule has 2 aliphatic rings. The second kappa shape index (κ2) is 10.1. The van der Waals surface area contributed by atoms with E-state index in [1.807, 2.05) is 43.3 Å². The summed E-state index contributed by atoms with van der Waals surface area (Å²) >= 11 is 0. The number of ether oxygens (including phenoxy) is 1. The van der Waals surface area contributed by atoms with Gasteiger partial charge in [-0.15, -0.1) is 0 Å². The molecule has 7 nitrogen and oxygen atoms in total. The van der Waals surface area contributed by atoms with Crippen molar-refractivity contribution in [2.24, 2.45) is 29.1 Å². The van der Waals surface area contributed by atoms with Crippen molar-refractivity contribution < 1.29 is 19.4 Å². The third-order valence-corrected chi connectivity index (χ3v) is 8.02. The predicted octanol–water partition coefficient (Wildman–Crippen LogP) is 4.36. The molecule has 0 bridgehead atoms. The molecular weight excluding hydrogens is 466 g/mol. The zero-order chi connectivity index (χ0) is 27.0. The molecule has 194 valence electrons. The van der Waals surface area contributed by atoms with E-state index in [9.17, 15) is 20.0 Å². The standard InChI is InChI=1S/C30H35N3O4/c1-18-14-30(27(34)33-17-29(4,5)36)26(20(3)37-28(30)35)24(19(18)2)13-12-23-11-10-22(16-32-23)25-9-7-6-8-21(25)15-31/h6-13,16,18-20,24,26,36H,14,17H2,1-5H3,(H,33,34)/b13-12+/t18?,19?,20?,24?,26?,30-/m1/s1. The third kappa shape index (κ3) is 5.03. The number of esters is 1. The Morgan fingerprint density at radius 3 is 2.65 bits per heavy atom. The molecule has 1 aliphatic carbocycles. The molecule has 1 aromatic carbocycles. The number of pyridine rings is 1. The quantitative estimate of drug-likeness (QED) is 0.449. The summed E-state index contributed by atoms with van der Waals surface area (Å²) < 4.78 is 5.69. The number of benzene rings is 1. The zero-order valence-electron chi connectivity index (χ0n) is 22.1. The van der Waals surface area contributed by atoms with Crippen LogP contribution in [0.1, 0.15) is 52.3 Å². The van der Waals surface area contributed by atoms with Gasteiger partial charge in [0.05, 0.1) is 22.9 Å². The molecule has 1 aromatic heterocycles. The molecule has 2 aromatic rings. The topological polar surface area (TPSA) is 112 Å². The highest BCUT2D eigenvalue weighted by Gasteiger charge is 2.66. The number of allylic oxidation sites excluding steroid dienone is 1. The SMILES string of the molecule is CC1C[C@@]2(C(=O)NCC(C)(C)O)C(=O)OC(C)C2C(/C=C/c2ccc(-c3ccccc3C#N)cn2)C1C. The van der Waals surface area contributed by atoms with Gasteiger partial charge in [0, 0.05) is 29.8 Å². The van der Waals surface area contributed by atoms with Crippen LogP contribution in [0, 0.1) is 40.4 Å². The first-order valence-corrected chi connectivity index (χ1v) is 12.8. The Labute approximate surface area is 218 Å². The van der Waals surface area contributed by atoms with Crippen molar-refractivity contribution in [3.63, 3.8) is 0 Å². The molecule has 2 N–H and O–H groups in total. The number of hydrogen-bond donors (Lipinski definition) is 2. The Morgan fingerprint density at radius 2 is 2.00 bits per heavy atom. The van der Waals surface area contributed by atoms with E-state index in [4.69, 9.17) is 4.74 Å². The van der Waals surface area contributed by atoms with Crippen LogP contribution in [-0.4, -0.2) is 40.2 Å². The number of nitrogens with one attached hydrogen (secondary N) is 1. The van der Waals surface area contributed by atoms with Gasteiger partial charge in [-0.05, 0) is 63.2 Å². The molecule has 0 spiro atoms. The minimum Gasteiger partial charge on any atom is -0.461 e. The third-order valence-electron chi connectivity index (χ3n) is 8.02. The molecule has 1 amide bonds. The number of aliphatic hydroxyl groups is 1. The summed E-state index contributed by atoms with van der Waals surface area (Å²) in [6, 6.07) is 13.5. The fourth-order valence-corrected chi connectivity index (χ4v) is 5.94. The Morgan fingerprint density at radius 1 is 1.27 bits per heavy atom. The molecule has 1 saturated carbocycles. The first-order valence-electron chi connectivity index (χ1n) is 12.8. The van der Waals surface area contributed by atoms with Gasteiger partial charge in [0.25, 0.3) is 0 Å². The number of cyclic esters (lactones) is 1. The van der Waals surface area contributed by atoms with Gasteiger partial charge < -0.3 is 15.2 Å². The minimum absolute atomic E-state index is 0.0532. The van der Waals surface area contributed by atoms with E-state index in [0.717, 1.165) is 16.8 Å². The maximum absolute atomic E-state index is 13.5. The number of aromatic nitrogens is 1. The van der Waals surface area contributed by atoms with Crippen LogP contribution >= 0.6 is 0 Å². The Bertz CT molecular complexity index is 1240. The smallest absolute Gasteiger partial charge is 0.322 e. The van der Waals surface area contributed by atoms with Gasteiger partial charge in [0.15, 0.2) is 5.41 Å². The first-order chi connectivity index (χ1) is 17.5. The van der Waals surface area contributed by atoms with Crippen LogP contribution in [0.4, 0.5) is 0 Å². The average molecular weight is 502 g/mol. The van der Waals surface area contributed by atoms with E-state index < -0.39 is 23.1 Å². The summed E-state index contributed by atoms with van der Waals surface area (Å²) in [7, 11) is 0. The zero-order valence-corrected chi connectivity index (χ0v) is 22.1. The highest BCUT2D eigenvalue weighted by Crippen LogP contribution is 2.56. The normalized spacial score (nSPS) is 29.4. The van der Waals surface area contributed by atoms with Crippen LogP contribution < -0.4 is 5.32 Å². The first kappa shape index (κ1) is 26.6. The molecule has 4 rings (SSSR count). The highest BCUT2D eigenvalue weighted by atomic mass is 16.6. The number of rotatable bonds is 6. The van der Waals surface area contributed by atoms with Crippen molar-refractivity contribution in [3.8, 4) is 17.2 Å². The van der Waals surface area contributed by atoms with E-state index in [1.165, 1.54) is 0 Å². The largest absolute Gasteiger partial charge is 0.461 e. The Balaban J connectivity index is 1.63. The van der Waals surface area contributed by atoms with Gasteiger partial charge in [-0.3, -0.25) is 14.6 Å². The molecule has 2 fully saturated rings. The maximum Gasteiger partial charge on any atom is 0.322 e. The predicted molar refractivity (Wildman–Crippen MR) is 141 cm³/mol. The number of nitriles is 1. The Kier molecular flexibility index (Phi) is 7.25. The van der Waals surface area contributed by atoms with Gasteiger partial charge in [0.2, 0.25) is 5.91 Å². The summed E-state index contributed by atoms with van der Waals surface area (Å²) in [4.78, 5) is 31.3. The van der Waals surface area contributed by atoms with Crippen molar-refractivity contribution in [1.29, 1.82) is 5.26 Å². The maximum atomic E-state index is 13.5. The van der Waals surface area contributed by atoms with Gasteiger partial charge in [-0.2, -0.15) is 5.26 Å². The van der Waals surface area contributed by atoms with Crippen molar-refractivity contribution in [2.75, 3.05) is 6.54 Å². The molecule has 37 heavy (non-hydrogen) atoms. The van der Waals surface area contributed by atoms with E-state index >= 15 is 0 Å². The fraction of sp³-hybridized carbons (Fsp3) is 0.467. The van der Waals surface area contributed by atoms with E-state index in [0.29, 0.717) is 12.0 Å². The number of amides is 1. The summed E-state index contributed by atoms with van der Waals surface area (Å²) in [6.45, 7) is 9.37. The molecule has 1 saturated heterocycles. The lowest BCUT2D eigenvalue weighted by Gasteiger charge is -2.46. The average Bonchev–Trinajstić information content (AvgIpc) is 3.12. The Hall–Kier alpha value is -3.50. The lowest BCUT2D eigenvalue weighted by Crippen LogP contribution is -2.57. The molecular formula is C30H35N3O4. The molecule has 2 heterocycles. The van der Waals surface area contributed by atoms with Crippen LogP contribution in [0.5, 0.6) is 0 Å². The van der Waals surface area contributed by atoms with Crippen LogP contribution in [-0.2, 0) is 14.3 Å². The summed E-state index contributed by atoms with van der Waals surface area (Å²) in [5, 5.41) is 22.4. The van der Waals surface area contributed by atoms with E-state index in [2.05, 4.69) is 36.3 Å². The summed E-state index contributed by atoms with van der Waals surface area (Å²) in [5.74, 6) is -0.937. The molecule has 5 unspecified atom stereocenters. The van der Waals surface area contributed by atoms with Gasteiger partial charge >= 0.3 is 5.97 Å². The van der Waals surface area contributed by atoms with E-state index in [-0.39, 0.29) is 36.1 Å². The lowest BCUT2D eigenvalue weighted by atomic mass is 9.54. The van der Waals surface area contributed by atoms with Gasteiger partial charge in [0.1, 0.15) is 6.10 Å². The van der Waals surface area contributed by atoms with Crippen molar-refractivity contribution in [3.05, 3.63) is 59.9 Å². The molecule has 1 aliphatic heterocycles. The highest BCUT2D eigenvalue weighted by molar-refractivity contribution is 6.04. The monoisotopic (exact) mass is 501 g/mol. The number of fused-ring (bicyclic) bond motifs is 1. The molecule has 6 atom stereocenters. The van der Waals surface area contributed by atoms with E-state index in [1.54, 1.807) is 26.1 Å². The van der Waals surface area contributed by atoms with Gasteiger partial charge in [-0.25, -0.2) is 0 Å². The summed E-state index contributed by atoms with van der Waals surface area (Å²) in [5.41, 5.74) is 0.661. The van der Waals surface area contributed by atoms with Crippen LogP contribution in [0.25, 0.3) is 17.2 Å². The fourth-order valence-electron chi connectivity index (χ4n) is 5.94.